The molecule has 21 heavy (non-hydrogen) atoms. The Labute approximate surface area is 134 Å². The average Bonchev–Trinajstić information content (AvgIpc) is 3.18. The van der Waals surface area contributed by atoms with E-state index in [0.29, 0.717) is 0 Å². The smallest absolute Gasteiger partial charge is 0.403 e. The molecule has 1 saturated heterocycles. The van der Waals surface area contributed by atoms with Crippen LogP contribution in [0.5, 0.6) is 0 Å². The second-order valence-corrected chi connectivity index (χ2v) is 7.19. The highest BCUT2D eigenvalue weighted by atomic mass is 35.5. The van der Waals surface area contributed by atoms with Crippen LogP contribution in [0.1, 0.15) is 59.9 Å². The summed E-state index contributed by atoms with van der Waals surface area (Å²) in [5, 5.41) is 0.795. The fourth-order valence-corrected chi connectivity index (χ4v) is 2.77. The monoisotopic (exact) mass is 308 g/mol. The van der Waals surface area contributed by atoms with Crippen LogP contribution in [-0.2, 0) is 14.6 Å². The van der Waals surface area contributed by atoms with Gasteiger partial charge in [0.2, 0.25) is 0 Å². The first-order valence-corrected chi connectivity index (χ1v) is 8.26. The first kappa shape index (κ1) is 16.9. The maximum absolute atomic E-state index is 6.22. The summed E-state index contributed by atoms with van der Waals surface area (Å²) < 4.78 is 12.4. The van der Waals surface area contributed by atoms with Crippen molar-refractivity contribution in [2.75, 3.05) is 0 Å². The molecule has 1 aromatic carbocycles. The first-order valence-electron chi connectivity index (χ1n) is 7.89. The van der Waals surface area contributed by atoms with Crippen LogP contribution < -0.4 is 0 Å². The van der Waals surface area contributed by atoms with Crippen molar-refractivity contribution in [2.24, 2.45) is 0 Å². The van der Waals surface area contributed by atoms with Crippen LogP contribution in [0.4, 0.5) is 0 Å². The summed E-state index contributed by atoms with van der Waals surface area (Å²) in [6.07, 6.45) is 2.23. The molecule has 2 aliphatic rings. The van der Waals surface area contributed by atoms with Gasteiger partial charge in [-0.25, -0.2) is 0 Å². The molecule has 3 rings (SSSR count). The van der Waals surface area contributed by atoms with Gasteiger partial charge in [0.1, 0.15) is 0 Å². The second-order valence-electron chi connectivity index (χ2n) is 6.75. The minimum absolute atomic E-state index is 0.0234. The Morgan fingerprint density at radius 1 is 0.905 bits per heavy atom. The van der Waals surface area contributed by atoms with Crippen LogP contribution in [0.3, 0.4) is 0 Å². The van der Waals surface area contributed by atoms with Crippen LogP contribution in [0, 0.1) is 0 Å². The largest absolute Gasteiger partial charge is 0.469 e. The molecule has 1 heterocycles. The molecule has 0 aromatic heterocycles. The van der Waals surface area contributed by atoms with Gasteiger partial charge in [-0.3, -0.25) is 0 Å². The third-order valence-electron chi connectivity index (χ3n) is 4.91. The molecule has 1 saturated carbocycles. The normalized spacial score (nSPS) is 24.2. The van der Waals surface area contributed by atoms with Crippen molar-refractivity contribution >= 4 is 18.7 Å². The van der Waals surface area contributed by atoms with Crippen molar-refractivity contribution in [2.45, 2.75) is 70.9 Å². The lowest BCUT2D eigenvalue weighted by Crippen LogP contribution is -2.41. The van der Waals surface area contributed by atoms with Crippen LogP contribution in [0.2, 0.25) is 5.02 Å². The molecule has 1 aliphatic carbocycles. The minimum atomic E-state index is -0.264. The Balaban J connectivity index is 0.000000774. The zero-order valence-corrected chi connectivity index (χ0v) is 14.8. The highest BCUT2D eigenvalue weighted by molar-refractivity contribution is 6.51. The average molecular weight is 309 g/mol. The molecule has 116 valence electrons. The summed E-state index contributed by atoms with van der Waals surface area (Å²) >= 11 is 5.97. The maximum Gasteiger partial charge on any atom is 0.469 e. The highest BCUT2D eigenvalue weighted by Gasteiger charge is 2.64. The standard InChI is InChI=1S/C15H20BClO2.C2H6/c1-13(2)14(3,4)19-16(18-13)15(9-10-15)11-5-7-12(17)8-6-11;1-2/h5-8H,9-10H2,1-4H3;1-2H3. The van der Waals surface area contributed by atoms with E-state index in [9.17, 15) is 0 Å². The van der Waals surface area contributed by atoms with E-state index in [1.165, 1.54) is 5.56 Å². The van der Waals surface area contributed by atoms with Gasteiger partial charge in [0.15, 0.2) is 0 Å². The summed E-state index contributed by atoms with van der Waals surface area (Å²) in [6, 6.07) is 8.09. The predicted octanol–water partition coefficient (Wildman–Crippen LogP) is 5.03. The van der Waals surface area contributed by atoms with E-state index >= 15 is 0 Å². The van der Waals surface area contributed by atoms with Gasteiger partial charge >= 0.3 is 7.12 Å². The molecule has 0 unspecified atom stereocenters. The summed E-state index contributed by atoms with van der Waals surface area (Å²) in [6.45, 7) is 12.4. The molecule has 0 N–H and O–H groups in total. The van der Waals surface area contributed by atoms with Crippen molar-refractivity contribution < 1.29 is 9.31 Å². The predicted molar refractivity (Wildman–Crippen MR) is 89.8 cm³/mol. The van der Waals surface area contributed by atoms with Crippen LogP contribution in [-0.4, -0.2) is 18.3 Å². The lowest BCUT2D eigenvalue weighted by atomic mass is 9.64. The second kappa shape index (κ2) is 5.60. The maximum atomic E-state index is 6.22. The Morgan fingerprint density at radius 2 is 1.33 bits per heavy atom. The molecule has 1 aliphatic heterocycles. The Bertz CT molecular complexity index is 476. The quantitative estimate of drug-likeness (QED) is 0.713. The van der Waals surface area contributed by atoms with E-state index in [2.05, 4.69) is 39.8 Å². The summed E-state index contributed by atoms with van der Waals surface area (Å²) in [5.74, 6) is 0. The molecule has 2 fully saturated rings. The first-order chi connectivity index (χ1) is 9.77. The summed E-state index contributed by atoms with van der Waals surface area (Å²) in [4.78, 5) is 0. The van der Waals surface area contributed by atoms with Gasteiger partial charge < -0.3 is 9.31 Å². The molecule has 4 heteroatoms. The van der Waals surface area contributed by atoms with Crippen LogP contribution in [0.25, 0.3) is 0 Å². The zero-order valence-electron chi connectivity index (χ0n) is 14.0. The number of hydrogen-bond acceptors (Lipinski definition) is 2. The molecule has 0 amide bonds. The van der Waals surface area contributed by atoms with Gasteiger partial charge in [-0.15, -0.1) is 0 Å². The van der Waals surface area contributed by atoms with E-state index in [-0.39, 0.29) is 23.6 Å². The summed E-state index contributed by atoms with van der Waals surface area (Å²) in [7, 11) is -0.154. The number of halogens is 1. The molecule has 0 bridgehead atoms. The topological polar surface area (TPSA) is 18.5 Å². The summed E-state index contributed by atoms with van der Waals surface area (Å²) in [5.41, 5.74) is 0.745. The Kier molecular flexibility index (Phi) is 4.50. The third kappa shape index (κ3) is 2.88. The van der Waals surface area contributed by atoms with Crippen molar-refractivity contribution in [1.29, 1.82) is 0 Å². The molecular formula is C17H26BClO2. The minimum Gasteiger partial charge on any atom is -0.403 e. The SMILES string of the molecule is CC.CC1(C)OB(C2(c3ccc(Cl)cc3)CC2)OC1(C)C. The third-order valence-corrected chi connectivity index (χ3v) is 5.16. The Hall–Kier alpha value is -0.505. The van der Waals surface area contributed by atoms with Crippen LogP contribution in [0.15, 0.2) is 24.3 Å². The van der Waals surface area contributed by atoms with Crippen LogP contribution >= 0.6 is 11.6 Å². The van der Waals surface area contributed by atoms with E-state index < -0.39 is 0 Å². The molecular weight excluding hydrogens is 282 g/mol. The lowest BCUT2D eigenvalue weighted by molar-refractivity contribution is 0.00578. The van der Waals surface area contributed by atoms with Gasteiger partial charge in [-0.2, -0.15) is 0 Å². The van der Waals surface area contributed by atoms with E-state index in [1.807, 2.05) is 26.0 Å². The number of hydrogen-bond donors (Lipinski definition) is 0. The van der Waals surface area contributed by atoms with Crippen molar-refractivity contribution in [3.8, 4) is 0 Å². The zero-order chi connectivity index (χ0) is 15.9. The molecule has 2 nitrogen and oxygen atoms in total. The number of rotatable bonds is 2. The van der Waals surface area contributed by atoms with E-state index in [0.717, 1.165) is 17.9 Å². The van der Waals surface area contributed by atoms with Crippen molar-refractivity contribution in [3.63, 3.8) is 0 Å². The number of benzene rings is 1. The molecule has 0 atom stereocenters. The van der Waals surface area contributed by atoms with Gasteiger partial charge in [0.05, 0.1) is 11.2 Å². The van der Waals surface area contributed by atoms with Gasteiger partial charge in [0.25, 0.3) is 0 Å². The van der Waals surface area contributed by atoms with Gasteiger partial charge in [0, 0.05) is 10.3 Å². The van der Waals surface area contributed by atoms with E-state index in [1.54, 1.807) is 0 Å². The fraction of sp³-hybridized carbons (Fsp3) is 0.647. The van der Waals surface area contributed by atoms with E-state index in [4.69, 9.17) is 20.9 Å². The van der Waals surface area contributed by atoms with Crippen molar-refractivity contribution in [1.82, 2.24) is 0 Å². The molecule has 0 spiro atoms. The molecule has 0 radical (unpaired) electrons. The van der Waals surface area contributed by atoms with Gasteiger partial charge in [-0.05, 0) is 58.2 Å². The fourth-order valence-electron chi connectivity index (χ4n) is 2.65. The lowest BCUT2D eigenvalue weighted by Gasteiger charge is -2.32. The van der Waals surface area contributed by atoms with Crippen molar-refractivity contribution in [3.05, 3.63) is 34.9 Å². The van der Waals surface area contributed by atoms with Gasteiger partial charge in [-0.1, -0.05) is 37.6 Å². The Morgan fingerprint density at radius 3 is 1.71 bits per heavy atom. The molecule has 1 aromatic rings. The highest BCUT2D eigenvalue weighted by Crippen LogP contribution is 2.55.